The van der Waals surface area contributed by atoms with Crippen molar-refractivity contribution in [2.75, 3.05) is 5.73 Å². The SMILES string of the molecule is C#CCn1c(CC)nc(-c2ccc(Cl)c(Br)c2)c1N. The number of anilines is 1. The third kappa shape index (κ3) is 2.63. The van der Waals surface area contributed by atoms with Crippen molar-refractivity contribution in [1.82, 2.24) is 9.55 Å². The maximum atomic E-state index is 6.14. The Morgan fingerprint density at radius 1 is 1.53 bits per heavy atom. The molecule has 0 aliphatic carbocycles. The topological polar surface area (TPSA) is 43.8 Å². The minimum atomic E-state index is 0.427. The number of nitrogens with two attached hydrogens (primary N) is 1. The molecule has 5 heteroatoms. The zero-order valence-electron chi connectivity index (χ0n) is 10.5. The van der Waals surface area contributed by atoms with Gasteiger partial charge in [-0.2, -0.15) is 0 Å². The van der Waals surface area contributed by atoms with Crippen molar-refractivity contribution in [2.45, 2.75) is 19.9 Å². The smallest absolute Gasteiger partial charge is 0.132 e. The van der Waals surface area contributed by atoms with E-state index in [0.717, 1.165) is 28.0 Å². The van der Waals surface area contributed by atoms with Crippen molar-refractivity contribution in [2.24, 2.45) is 0 Å². The van der Waals surface area contributed by atoms with Gasteiger partial charge in [0, 0.05) is 16.5 Å². The normalized spacial score (nSPS) is 10.4. The summed E-state index contributed by atoms with van der Waals surface area (Å²) in [4.78, 5) is 4.57. The largest absolute Gasteiger partial charge is 0.383 e. The Hall–Kier alpha value is -1.44. The van der Waals surface area contributed by atoms with E-state index in [4.69, 9.17) is 23.8 Å². The molecule has 0 saturated heterocycles. The molecule has 0 amide bonds. The Kier molecular flexibility index (Phi) is 4.18. The second-order valence-corrected chi connectivity index (χ2v) is 5.30. The zero-order chi connectivity index (χ0) is 14.0. The molecule has 0 fully saturated rings. The highest BCUT2D eigenvalue weighted by Crippen LogP contribution is 2.31. The van der Waals surface area contributed by atoms with Crippen LogP contribution in [0.5, 0.6) is 0 Å². The molecule has 0 saturated carbocycles. The number of halogens is 2. The summed E-state index contributed by atoms with van der Waals surface area (Å²) in [5.41, 5.74) is 7.80. The van der Waals surface area contributed by atoms with Crippen LogP contribution in [0.25, 0.3) is 11.3 Å². The van der Waals surface area contributed by atoms with E-state index in [0.29, 0.717) is 17.4 Å². The van der Waals surface area contributed by atoms with Gasteiger partial charge >= 0.3 is 0 Å². The minimum Gasteiger partial charge on any atom is -0.383 e. The molecule has 0 spiro atoms. The molecule has 3 nitrogen and oxygen atoms in total. The molecule has 0 bridgehead atoms. The van der Waals surface area contributed by atoms with Gasteiger partial charge in [0.2, 0.25) is 0 Å². The molecular formula is C14H13BrClN3. The van der Waals surface area contributed by atoms with E-state index in [1.807, 2.05) is 29.7 Å². The van der Waals surface area contributed by atoms with E-state index in [9.17, 15) is 0 Å². The zero-order valence-corrected chi connectivity index (χ0v) is 12.8. The predicted molar refractivity (Wildman–Crippen MR) is 83.0 cm³/mol. The van der Waals surface area contributed by atoms with Gasteiger partial charge in [-0.1, -0.05) is 30.5 Å². The second kappa shape index (κ2) is 5.68. The van der Waals surface area contributed by atoms with Crippen molar-refractivity contribution in [3.8, 4) is 23.6 Å². The van der Waals surface area contributed by atoms with Gasteiger partial charge in [0.05, 0.1) is 11.6 Å². The molecule has 1 aromatic heterocycles. The molecule has 2 aromatic rings. The first-order chi connectivity index (χ1) is 9.08. The molecule has 2 rings (SSSR count). The van der Waals surface area contributed by atoms with Gasteiger partial charge in [-0.15, -0.1) is 6.42 Å². The van der Waals surface area contributed by atoms with E-state index in [-0.39, 0.29) is 0 Å². The van der Waals surface area contributed by atoms with E-state index < -0.39 is 0 Å². The van der Waals surface area contributed by atoms with Gasteiger partial charge in [0.15, 0.2) is 0 Å². The lowest BCUT2D eigenvalue weighted by atomic mass is 10.1. The summed E-state index contributed by atoms with van der Waals surface area (Å²) in [6, 6.07) is 5.61. The third-order valence-electron chi connectivity index (χ3n) is 2.84. The van der Waals surface area contributed by atoms with Gasteiger partial charge in [-0.25, -0.2) is 4.98 Å². The van der Waals surface area contributed by atoms with Crippen LogP contribution in [0.2, 0.25) is 5.02 Å². The van der Waals surface area contributed by atoms with E-state index in [1.54, 1.807) is 0 Å². The van der Waals surface area contributed by atoms with Crippen LogP contribution in [0.1, 0.15) is 12.7 Å². The van der Waals surface area contributed by atoms with Crippen LogP contribution in [0.3, 0.4) is 0 Å². The fraction of sp³-hybridized carbons (Fsp3) is 0.214. The Morgan fingerprint density at radius 2 is 2.26 bits per heavy atom. The fourth-order valence-electron chi connectivity index (χ4n) is 1.91. The number of benzene rings is 1. The van der Waals surface area contributed by atoms with Crippen LogP contribution < -0.4 is 5.73 Å². The van der Waals surface area contributed by atoms with E-state index in [1.165, 1.54) is 0 Å². The average Bonchev–Trinajstić information content (AvgIpc) is 2.71. The standard InChI is InChI=1S/C14H13BrClN3/c1-3-7-19-12(4-2)18-13(14(19)17)9-5-6-11(16)10(15)8-9/h1,5-6,8H,4,7,17H2,2H3. The van der Waals surface area contributed by atoms with Crippen molar-refractivity contribution >= 4 is 33.3 Å². The number of aromatic nitrogens is 2. The first-order valence-corrected chi connectivity index (χ1v) is 6.99. The van der Waals surface area contributed by atoms with Crippen LogP contribution >= 0.6 is 27.5 Å². The van der Waals surface area contributed by atoms with Gasteiger partial charge in [-0.05, 0) is 28.1 Å². The molecule has 98 valence electrons. The maximum Gasteiger partial charge on any atom is 0.132 e. The maximum absolute atomic E-state index is 6.14. The van der Waals surface area contributed by atoms with Crippen LogP contribution in [0.4, 0.5) is 5.82 Å². The Balaban J connectivity index is 2.56. The number of rotatable bonds is 3. The molecule has 1 aromatic carbocycles. The monoisotopic (exact) mass is 337 g/mol. The highest BCUT2D eigenvalue weighted by molar-refractivity contribution is 9.10. The van der Waals surface area contributed by atoms with E-state index in [2.05, 4.69) is 26.8 Å². The first-order valence-electron chi connectivity index (χ1n) is 5.82. The summed E-state index contributed by atoms with van der Waals surface area (Å²) in [7, 11) is 0. The molecule has 2 N–H and O–H groups in total. The first kappa shape index (κ1) is 14.0. The van der Waals surface area contributed by atoms with Crippen LogP contribution in [-0.4, -0.2) is 9.55 Å². The van der Waals surface area contributed by atoms with Crippen molar-refractivity contribution in [1.29, 1.82) is 0 Å². The van der Waals surface area contributed by atoms with Gasteiger partial charge < -0.3 is 10.3 Å². The summed E-state index contributed by atoms with van der Waals surface area (Å²) in [5.74, 6) is 4.07. The number of hydrogen-bond donors (Lipinski definition) is 1. The summed E-state index contributed by atoms with van der Waals surface area (Å²) in [5, 5.41) is 0.654. The lowest BCUT2D eigenvalue weighted by Crippen LogP contribution is -2.05. The highest BCUT2D eigenvalue weighted by Gasteiger charge is 2.15. The summed E-state index contributed by atoms with van der Waals surface area (Å²) in [6.45, 7) is 2.45. The van der Waals surface area contributed by atoms with Gasteiger partial charge in [-0.3, -0.25) is 0 Å². The summed E-state index contributed by atoms with van der Waals surface area (Å²) >= 11 is 9.39. The number of nitrogen functional groups attached to an aromatic ring is 1. The highest BCUT2D eigenvalue weighted by atomic mass is 79.9. The third-order valence-corrected chi connectivity index (χ3v) is 4.06. The number of nitrogens with zero attached hydrogens (tertiary/aromatic N) is 2. The Bertz CT molecular complexity index is 655. The quantitative estimate of drug-likeness (QED) is 0.866. The number of hydrogen-bond acceptors (Lipinski definition) is 2. The number of terminal acetylenes is 1. The molecule has 0 radical (unpaired) electrons. The molecule has 0 atom stereocenters. The van der Waals surface area contributed by atoms with Crippen LogP contribution in [0.15, 0.2) is 22.7 Å². The average molecular weight is 339 g/mol. The fourth-order valence-corrected chi connectivity index (χ4v) is 2.40. The van der Waals surface area contributed by atoms with Gasteiger partial charge in [0.25, 0.3) is 0 Å². The Morgan fingerprint density at radius 3 is 2.84 bits per heavy atom. The number of imidazole rings is 1. The number of aryl methyl sites for hydroxylation is 1. The molecular weight excluding hydrogens is 326 g/mol. The molecule has 0 aliphatic heterocycles. The molecule has 1 heterocycles. The lowest BCUT2D eigenvalue weighted by Gasteiger charge is -2.04. The Labute approximate surface area is 125 Å². The predicted octanol–water partition coefficient (Wildman–Crippen LogP) is 3.74. The van der Waals surface area contributed by atoms with Crippen molar-refractivity contribution in [3.05, 3.63) is 33.5 Å². The lowest BCUT2D eigenvalue weighted by molar-refractivity contribution is 0.769. The van der Waals surface area contributed by atoms with Crippen molar-refractivity contribution in [3.63, 3.8) is 0 Å². The van der Waals surface area contributed by atoms with E-state index >= 15 is 0 Å². The summed E-state index contributed by atoms with van der Waals surface area (Å²) in [6.07, 6.45) is 6.14. The van der Waals surface area contributed by atoms with Crippen LogP contribution in [-0.2, 0) is 13.0 Å². The minimum absolute atomic E-state index is 0.427. The molecule has 0 aliphatic rings. The van der Waals surface area contributed by atoms with Crippen molar-refractivity contribution < 1.29 is 0 Å². The van der Waals surface area contributed by atoms with Gasteiger partial charge in [0.1, 0.15) is 17.3 Å². The second-order valence-electron chi connectivity index (χ2n) is 4.03. The molecule has 19 heavy (non-hydrogen) atoms. The molecule has 0 unspecified atom stereocenters. The van der Waals surface area contributed by atoms with Crippen LogP contribution in [0, 0.1) is 12.3 Å². The summed E-state index contributed by atoms with van der Waals surface area (Å²) < 4.78 is 2.67.